The van der Waals surface area contributed by atoms with Gasteiger partial charge in [0, 0.05) is 0 Å². The zero-order chi connectivity index (χ0) is 22.5. The van der Waals surface area contributed by atoms with Crippen LogP contribution < -0.4 is 19.7 Å². The van der Waals surface area contributed by atoms with E-state index in [0.29, 0.717) is 23.7 Å². The average Bonchev–Trinajstić information content (AvgIpc) is 2.72. The lowest BCUT2D eigenvalue weighted by Crippen LogP contribution is -2.54. The van der Waals surface area contributed by atoms with Crippen LogP contribution in [0.15, 0.2) is 54.6 Å². The maximum atomic E-state index is 13.0. The van der Waals surface area contributed by atoms with Gasteiger partial charge in [-0.15, -0.1) is 0 Å². The molecule has 8 nitrogen and oxygen atoms in total. The Kier molecular flexibility index (Phi) is 6.61. The number of carbonyl (C=O) groups is 3. The molecule has 0 aliphatic carbocycles. The van der Waals surface area contributed by atoms with E-state index in [-0.39, 0.29) is 28.6 Å². The second-order valence-corrected chi connectivity index (χ2v) is 6.74. The highest BCUT2D eigenvalue weighted by Crippen LogP contribution is 2.37. The zero-order valence-corrected chi connectivity index (χ0v) is 17.3. The molecule has 0 spiro atoms. The summed E-state index contributed by atoms with van der Waals surface area (Å²) in [6, 6.07) is 7.61. The van der Waals surface area contributed by atoms with Crippen LogP contribution in [0.3, 0.4) is 0 Å². The van der Waals surface area contributed by atoms with Crippen LogP contribution >= 0.6 is 11.6 Å². The van der Waals surface area contributed by atoms with Crippen LogP contribution in [0.2, 0.25) is 5.02 Å². The van der Waals surface area contributed by atoms with Gasteiger partial charge in [0.05, 0.1) is 17.3 Å². The fourth-order valence-electron chi connectivity index (χ4n) is 2.88. The molecule has 1 heterocycles. The molecule has 0 bridgehead atoms. The Hall–Kier alpha value is -3.78. The summed E-state index contributed by atoms with van der Waals surface area (Å²) >= 11 is 6.32. The van der Waals surface area contributed by atoms with Gasteiger partial charge in [-0.1, -0.05) is 24.3 Å². The fourth-order valence-corrected chi connectivity index (χ4v) is 3.15. The smallest absolute Gasteiger partial charge is 0.335 e. The molecule has 2 aromatic carbocycles. The summed E-state index contributed by atoms with van der Waals surface area (Å²) in [7, 11) is 0. The molecule has 1 aliphatic heterocycles. The van der Waals surface area contributed by atoms with Gasteiger partial charge in [-0.3, -0.25) is 14.9 Å². The maximum absolute atomic E-state index is 13.0. The van der Waals surface area contributed by atoms with Gasteiger partial charge >= 0.3 is 6.03 Å². The predicted molar refractivity (Wildman–Crippen MR) is 115 cm³/mol. The highest BCUT2D eigenvalue weighted by atomic mass is 35.5. The van der Waals surface area contributed by atoms with E-state index in [2.05, 4.69) is 11.9 Å². The van der Waals surface area contributed by atoms with E-state index < -0.39 is 17.8 Å². The molecule has 3 rings (SSSR count). The molecule has 0 atom stereocenters. The largest absolute Gasteiger partial charge is 0.508 e. The quantitative estimate of drug-likeness (QED) is 0.385. The van der Waals surface area contributed by atoms with Crippen molar-refractivity contribution < 1.29 is 29.0 Å². The summed E-state index contributed by atoms with van der Waals surface area (Å²) in [5.74, 6) is -1.05. The Morgan fingerprint density at radius 3 is 2.52 bits per heavy atom. The van der Waals surface area contributed by atoms with E-state index in [9.17, 15) is 19.5 Å². The number of carbonyl (C=O) groups excluding carboxylic acids is 3. The molecule has 4 amide bonds. The molecule has 1 fully saturated rings. The van der Waals surface area contributed by atoms with Crippen LogP contribution in [0.4, 0.5) is 10.5 Å². The molecule has 2 N–H and O–H groups in total. The van der Waals surface area contributed by atoms with Crippen LogP contribution in [0.1, 0.15) is 12.5 Å². The number of phenols is 1. The molecule has 160 valence electrons. The summed E-state index contributed by atoms with van der Waals surface area (Å²) in [6.45, 7) is 5.93. The normalized spacial score (nSPS) is 15.1. The number of anilines is 1. The molecule has 0 unspecified atom stereocenters. The molecule has 31 heavy (non-hydrogen) atoms. The number of phenolic OH excluding ortho intramolecular Hbond substituents is 1. The number of nitrogens with one attached hydrogen (secondary N) is 1. The van der Waals surface area contributed by atoms with Gasteiger partial charge in [-0.2, -0.15) is 0 Å². The average molecular weight is 443 g/mol. The first-order valence-electron chi connectivity index (χ1n) is 9.26. The lowest BCUT2D eigenvalue weighted by atomic mass is 10.1. The number of nitrogens with zero attached hydrogens (tertiary/aromatic N) is 1. The van der Waals surface area contributed by atoms with Crippen LogP contribution in [-0.2, 0) is 9.59 Å². The highest BCUT2D eigenvalue weighted by Gasteiger charge is 2.36. The Balaban J connectivity index is 2.01. The Morgan fingerprint density at radius 2 is 1.87 bits per heavy atom. The standard InChI is InChI=1S/C22H19ClN2O6/c1-3-9-31-19-17(23)11-13(12-18(19)30-4-2)10-16-20(27)24-22(29)25(21(16)28)14-5-7-15(26)8-6-14/h3,5-8,10-12,26H,1,4,9H2,2H3,(H,24,27,29)/b16-10+. The van der Waals surface area contributed by atoms with E-state index in [4.69, 9.17) is 21.1 Å². The van der Waals surface area contributed by atoms with Gasteiger partial charge in [0.25, 0.3) is 11.8 Å². The van der Waals surface area contributed by atoms with Crippen LogP contribution in [0.25, 0.3) is 6.08 Å². The van der Waals surface area contributed by atoms with E-state index >= 15 is 0 Å². The van der Waals surface area contributed by atoms with Crippen molar-refractivity contribution in [1.82, 2.24) is 5.32 Å². The summed E-state index contributed by atoms with van der Waals surface area (Å²) < 4.78 is 11.1. The summed E-state index contributed by atoms with van der Waals surface area (Å²) in [5, 5.41) is 11.8. The molecule has 0 aromatic heterocycles. The SMILES string of the molecule is C=CCOc1c(Cl)cc(/C=C2\C(=O)NC(=O)N(c3ccc(O)cc3)C2=O)cc1OCC. The second kappa shape index (κ2) is 9.36. The number of halogens is 1. The summed E-state index contributed by atoms with van der Waals surface area (Å²) in [4.78, 5) is 38.4. The van der Waals surface area contributed by atoms with Gasteiger partial charge in [0.15, 0.2) is 11.5 Å². The van der Waals surface area contributed by atoms with Crippen LogP contribution in [-0.4, -0.2) is 36.2 Å². The van der Waals surface area contributed by atoms with Crippen molar-refractivity contribution in [1.29, 1.82) is 0 Å². The number of hydrogen-bond acceptors (Lipinski definition) is 6. The predicted octanol–water partition coefficient (Wildman–Crippen LogP) is 3.68. The number of hydrogen-bond donors (Lipinski definition) is 2. The third-order valence-corrected chi connectivity index (χ3v) is 4.48. The molecular weight excluding hydrogens is 424 g/mol. The van der Waals surface area contributed by atoms with Crippen molar-refractivity contribution in [2.75, 3.05) is 18.1 Å². The van der Waals surface area contributed by atoms with Gasteiger partial charge in [0.1, 0.15) is 17.9 Å². The minimum atomic E-state index is -0.890. The first-order chi connectivity index (χ1) is 14.8. The molecule has 0 saturated carbocycles. The first kappa shape index (κ1) is 21.9. The molecule has 1 saturated heterocycles. The number of amides is 4. The number of ether oxygens (including phenoxy) is 2. The van der Waals surface area contributed by atoms with Gasteiger partial charge in [0.2, 0.25) is 0 Å². The summed E-state index contributed by atoms with van der Waals surface area (Å²) in [5.41, 5.74) is 0.323. The Bertz CT molecular complexity index is 1080. The van der Waals surface area contributed by atoms with Crippen molar-refractivity contribution in [3.8, 4) is 17.2 Å². The Labute approximate surface area is 183 Å². The molecule has 9 heteroatoms. The first-order valence-corrected chi connectivity index (χ1v) is 9.64. The van der Waals surface area contributed by atoms with Crippen molar-refractivity contribution in [2.45, 2.75) is 6.92 Å². The van der Waals surface area contributed by atoms with Crippen molar-refractivity contribution in [3.05, 3.63) is 65.2 Å². The lowest BCUT2D eigenvalue weighted by Gasteiger charge is -2.26. The third-order valence-electron chi connectivity index (χ3n) is 4.20. The van der Waals surface area contributed by atoms with Gasteiger partial charge in [-0.05, 0) is 55.0 Å². The molecule has 2 aromatic rings. The minimum Gasteiger partial charge on any atom is -0.508 e. The van der Waals surface area contributed by atoms with E-state index in [1.807, 2.05) is 0 Å². The number of imide groups is 2. The number of benzene rings is 2. The second-order valence-electron chi connectivity index (χ2n) is 6.34. The number of rotatable bonds is 7. The topological polar surface area (TPSA) is 105 Å². The van der Waals surface area contributed by atoms with Gasteiger partial charge < -0.3 is 14.6 Å². The lowest BCUT2D eigenvalue weighted by molar-refractivity contribution is -0.122. The number of urea groups is 1. The number of barbiturate groups is 1. The third kappa shape index (κ3) is 4.70. The van der Waals surface area contributed by atoms with Crippen molar-refractivity contribution in [2.24, 2.45) is 0 Å². The maximum Gasteiger partial charge on any atom is 0.335 e. The molecule has 0 radical (unpaired) electrons. The van der Waals surface area contributed by atoms with Gasteiger partial charge in [-0.25, -0.2) is 9.69 Å². The summed E-state index contributed by atoms with van der Waals surface area (Å²) in [6.07, 6.45) is 2.87. The zero-order valence-electron chi connectivity index (χ0n) is 16.6. The van der Waals surface area contributed by atoms with Crippen LogP contribution in [0, 0.1) is 0 Å². The highest BCUT2D eigenvalue weighted by molar-refractivity contribution is 6.39. The van der Waals surface area contributed by atoms with E-state index in [1.165, 1.54) is 36.4 Å². The molecular formula is C22H19ClN2O6. The fraction of sp³-hybridized carbons (Fsp3) is 0.136. The van der Waals surface area contributed by atoms with Crippen molar-refractivity contribution in [3.63, 3.8) is 0 Å². The monoisotopic (exact) mass is 442 g/mol. The van der Waals surface area contributed by atoms with Crippen LogP contribution in [0.5, 0.6) is 17.2 Å². The minimum absolute atomic E-state index is 0.0303. The van der Waals surface area contributed by atoms with E-state index in [1.54, 1.807) is 19.1 Å². The van der Waals surface area contributed by atoms with E-state index in [0.717, 1.165) is 4.90 Å². The molecule has 1 aliphatic rings. The van der Waals surface area contributed by atoms with Crippen molar-refractivity contribution >= 4 is 41.2 Å². The number of aromatic hydroxyl groups is 1. The Morgan fingerprint density at radius 1 is 1.16 bits per heavy atom.